The Hall–Kier alpha value is -0.540. The highest BCUT2D eigenvalue weighted by molar-refractivity contribution is 6.31. The van der Waals surface area contributed by atoms with Crippen LogP contribution in [0.15, 0.2) is 0 Å². The van der Waals surface area contributed by atoms with Crippen molar-refractivity contribution in [2.45, 2.75) is 58.4 Å². The second kappa shape index (κ2) is 6.76. The number of aryl methyl sites for hydroxylation is 2. The molecule has 1 saturated carbocycles. The number of halogens is 1. The van der Waals surface area contributed by atoms with Crippen LogP contribution in [0.1, 0.15) is 50.9 Å². The summed E-state index contributed by atoms with van der Waals surface area (Å²) in [6.45, 7) is 5.30. The minimum atomic E-state index is 0.535. The molecule has 2 rings (SSSR count). The predicted molar refractivity (Wildman–Crippen MR) is 80.7 cm³/mol. The molecule has 0 saturated heterocycles. The number of rotatable bonds is 7. The van der Waals surface area contributed by atoms with Crippen LogP contribution in [0.4, 0.5) is 0 Å². The molecule has 108 valence electrons. The Bertz CT molecular complexity index is 410. The van der Waals surface area contributed by atoms with E-state index in [4.69, 9.17) is 11.6 Å². The number of nitrogens with one attached hydrogen (secondary N) is 1. The van der Waals surface area contributed by atoms with E-state index in [2.05, 4.69) is 24.3 Å². The van der Waals surface area contributed by atoms with Crippen molar-refractivity contribution in [2.24, 2.45) is 13.0 Å². The highest BCUT2D eigenvalue weighted by Gasteiger charge is 2.24. The lowest BCUT2D eigenvalue weighted by molar-refractivity contribution is 0.259. The van der Waals surface area contributed by atoms with Crippen molar-refractivity contribution < 1.29 is 0 Å². The molecule has 1 aromatic heterocycles. The Balaban J connectivity index is 2.04. The van der Waals surface area contributed by atoms with Gasteiger partial charge in [-0.05, 0) is 25.3 Å². The third kappa shape index (κ3) is 3.51. The molecule has 4 heteroatoms. The van der Waals surface area contributed by atoms with Crippen LogP contribution in [0.25, 0.3) is 0 Å². The maximum Gasteiger partial charge on any atom is 0.0850 e. The maximum atomic E-state index is 6.45. The minimum Gasteiger partial charge on any atom is -0.314 e. The van der Waals surface area contributed by atoms with E-state index >= 15 is 0 Å². The molecular formula is C15H26ClN3. The first-order valence-electron chi connectivity index (χ1n) is 7.59. The Kier molecular flexibility index (Phi) is 5.28. The topological polar surface area (TPSA) is 29.9 Å². The molecule has 3 nitrogen and oxygen atoms in total. The fourth-order valence-electron chi connectivity index (χ4n) is 2.93. The van der Waals surface area contributed by atoms with Crippen molar-refractivity contribution in [3.63, 3.8) is 0 Å². The average Bonchev–Trinajstić information content (AvgIpc) is 2.61. The summed E-state index contributed by atoms with van der Waals surface area (Å²) < 4.78 is 1.96. The Morgan fingerprint density at radius 2 is 2.16 bits per heavy atom. The Morgan fingerprint density at radius 3 is 2.63 bits per heavy atom. The normalized spacial score (nSPS) is 17.5. The summed E-state index contributed by atoms with van der Waals surface area (Å²) in [7, 11) is 2.01. The molecule has 0 amide bonds. The maximum absolute atomic E-state index is 6.45. The van der Waals surface area contributed by atoms with Crippen molar-refractivity contribution in [3.8, 4) is 0 Å². The molecule has 0 spiro atoms. The van der Waals surface area contributed by atoms with E-state index in [1.807, 2.05) is 11.7 Å². The molecule has 1 N–H and O–H groups in total. The van der Waals surface area contributed by atoms with Gasteiger partial charge in [0, 0.05) is 19.5 Å². The summed E-state index contributed by atoms with van der Waals surface area (Å²) >= 11 is 6.45. The SMILES string of the molecule is CCNC(Cc1c(Cl)c(CC)nn1C)CC1CCC1. The van der Waals surface area contributed by atoms with Crippen molar-refractivity contribution in [1.82, 2.24) is 15.1 Å². The Morgan fingerprint density at radius 1 is 1.42 bits per heavy atom. The van der Waals surface area contributed by atoms with Gasteiger partial charge in [0.05, 0.1) is 16.4 Å². The van der Waals surface area contributed by atoms with Crippen LogP contribution in [0.3, 0.4) is 0 Å². The lowest BCUT2D eigenvalue weighted by Crippen LogP contribution is -2.35. The van der Waals surface area contributed by atoms with Gasteiger partial charge in [-0.2, -0.15) is 5.10 Å². The van der Waals surface area contributed by atoms with Gasteiger partial charge < -0.3 is 5.32 Å². The van der Waals surface area contributed by atoms with Gasteiger partial charge in [0.2, 0.25) is 0 Å². The fourth-order valence-corrected chi connectivity index (χ4v) is 3.30. The lowest BCUT2D eigenvalue weighted by Gasteiger charge is -2.30. The van der Waals surface area contributed by atoms with Crippen LogP contribution in [-0.4, -0.2) is 22.4 Å². The minimum absolute atomic E-state index is 0.535. The van der Waals surface area contributed by atoms with Gasteiger partial charge in [-0.25, -0.2) is 0 Å². The molecule has 0 aromatic carbocycles. The van der Waals surface area contributed by atoms with Crippen LogP contribution in [-0.2, 0) is 19.9 Å². The molecule has 0 aliphatic heterocycles. The van der Waals surface area contributed by atoms with Crippen LogP contribution in [0.2, 0.25) is 5.02 Å². The van der Waals surface area contributed by atoms with E-state index in [0.29, 0.717) is 6.04 Å². The number of hydrogen-bond acceptors (Lipinski definition) is 2. The molecule has 19 heavy (non-hydrogen) atoms. The zero-order valence-corrected chi connectivity index (χ0v) is 13.1. The molecule has 0 bridgehead atoms. The number of nitrogens with zero attached hydrogens (tertiary/aromatic N) is 2. The molecule has 1 fully saturated rings. The lowest BCUT2D eigenvalue weighted by atomic mass is 9.80. The van der Waals surface area contributed by atoms with Gasteiger partial charge in [-0.3, -0.25) is 4.68 Å². The van der Waals surface area contributed by atoms with Crippen LogP contribution < -0.4 is 5.32 Å². The van der Waals surface area contributed by atoms with Gasteiger partial charge in [-0.1, -0.05) is 44.7 Å². The van der Waals surface area contributed by atoms with E-state index < -0.39 is 0 Å². The molecule has 1 heterocycles. The molecule has 1 aliphatic rings. The first-order valence-corrected chi connectivity index (χ1v) is 7.97. The van der Waals surface area contributed by atoms with Gasteiger partial charge in [-0.15, -0.1) is 0 Å². The van der Waals surface area contributed by atoms with Crippen molar-refractivity contribution in [2.75, 3.05) is 6.54 Å². The van der Waals surface area contributed by atoms with Gasteiger partial charge in [0.25, 0.3) is 0 Å². The molecule has 0 radical (unpaired) electrons. The summed E-state index contributed by atoms with van der Waals surface area (Å²) in [5.74, 6) is 0.918. The average molecular weight is 284 g/mol. The van der Waals surface area contributed by atoms with Gasteiger partial charge >= 0.3 is 0 Å². The predicted octanol–water partition coefficient (Wildman–Crippen LogP) is 3.35. The van der Waals surface area contributed by atoms with E-state index in [1.54, 1.807) is 0 Å². The second-order valence-electron chi connectivity index (χ2n) is 5.68. The highest BCUT2D eigenvalue weighted by atomic mass is 35.5. The first-order chi connectivity index (χ1) is 9.15. The van der Waals surface area contributed by atoms with Crippen molar-refractivity contribution in [3.05, 3.63) is 16.4 Å². The van der Waals surface area contributed by atoms with Crippen molar-refractivity contribution >= 4 is 11.6 Å². The summed E-state index contributed by atoms with van der Waals surface area (Å²) in [5.41, 5.74) is 2.21. The monoisotopic (exact) mass is 283 g/mol. The number of hydrogen-bond donors (Lipinski definition) is 1. The summed E-state index contributed by atoms with van der Waals surface area (Å²) in [6, 6.07) is 0.535. The third-order valence-corrected chi connectivity index (χ3v) is 4.71. The largest absolute Gasteiger partial charge is 0.314 e. The van der Waals surface area contributed by atoms with Gasteiger partial charge in [0.15, 0.2) is 0 Å². The third-order valence-electron chi connectivity index (χ3n) is 4.28. The van der Waals surface area contributed by atoms with E-state index in [1.165, 1.54) is 31.4 Å². The standard InChI is InChI=1S/C15H26ClN3/c1-4-13-15(16)14(19(3)18-13)10-12(17-5-2)9-11-7-6-8-11/h11-12,17H,4-10H2,1-3H3. The molecule has 1 atom stereocenters. The van der Waals surface area contributed by atoms with Gasteiger partial charge in [0.1, 0.15) is 0 Å². The molecule has 1 aliphatic carbocycles. The molecular weight excluding hydrogens is 258 g/mol. The van der Waals surface area contributed by atoms with E-state index in [9.17, 15) is 0 Å². The zero-order chi connectivity index (χ0) is 13.8. The first kappa shape index (κ1) is 14.9. The summed E-state index contributed by atoms with van der Waals surface area (Å²) in [5, 5.41) is 9.00. The van der Waals surface area contributed by atoms with Crippen molar-refractivity contribution in [1.29, 1.82) is 0 Å². The summed E-state index contributed by atoms with van der Waals surface area (Å²) in [6.07, 6.45) is 7.39. The number of likely N-dealkylation sites (N-methyl/N-ethyl adjacent to an activating group) is 1. The Labute approximate surface area is 121 Å². The number of aromatic nitrogens is 2. The van der Waals surface area contributed by atoms with Crippen LogP contribution in [0.5, 0.6) is 0 Å². The molecule has 1 unspecified atom stereocenters. The smallest absolute Gasteiger partial charge is 0.0850 e. The second-order valence-corrected chi connectivity index (χ2v) is 6.05. The summed E-state index contributed by atoms with van der Waals surface area (Å²) in [4.78, 5) is 0. The quantitative estimate of drug-likeness (QED) is 0.832. The van der Waals surface area contributed by atoms with Crippen LogP contribution in [0, 0.1) is 5.92 Å². The molecule has 1 aromatic rings. The highest BCUT2D eigenvalue weighted by Crippen LogP contribution is 2.32. The van der Waals surface area contributed by atoms with E-state index in [-0.39, 0.29) is 0 Å². The van der Waals surface area contributed by atoms with E-state index in [0.717, 1.165) is 36.0 Å². The zero-order valence-electron chi connectivity index (χ0n) is 12.4. The fraction of sp³-hybridized carbons (Fsp3) is 0.800. The van der Waals surface area contributed by atoms with Crippen LogP contribution >= 0.6 is 11.6 Å².